The first-order valence-corrected chi connectivity index (χ1v) is 6.68. The lowest BCUT2D eigenvalue weighted by atomic mass is 9.99. The van der Waals surface area contributed by atoms with Crippen molar-refractivity contribution in [3.63, 3.8) is 0 Å². The lowest BCUT2D eigenvalue weighted by Crippen LogP contribution is -2.31. The number of benzene rings is 1. The van der Waals surface area contributed by atoms with E-state index in [9.17, 15) is 5.11 Å². The summed E-state index contributed by atoms with van der Waals surface area (Å²) in [5.74, 6) is 1.21. The maximum Gasteiger partial charge on any atom is 0.162 e. The predicted octanol–water partition coefficient (Wildman–Crippen LogP) is 1.08. The Bertz CT molecular complexity index is 442. The van der Waals surface area contributed by atoms with Gasteiger partial charge in [0.25, 0.3) is 0 Å². The van der Waals surface area contributed by atoms with Crippen molar-refractivity contribution in [1.29, 1.82) is 0 Å². The smallest absolute Gasteiger partial charge is 0.162 e. The van der Waals surface area contributed by atoms with Gasteiger partial charge in [0.05, 0.1) is 11.1 Å². The molecule has 4 N–H and O–H groups in total. The molecule has 2 unspecified atom stereocenters. The minimum Gasteiger partial charge on any atom is -0.486 e. The second-order valence-corrected chi connectivity index (χ2v) is 4.93. The van der Waals surface area contributed by atoms with E-state index in [-0.39, 0.29) is 6.04 Å². The summed E-state index contributed by atoms with van der Waals surface area (Å²) < 4.78 is 10.9. The zero-order chi connectivity index (χ0) is 13.8. The fourth-order valence-corrected chi connectivity index (χ4v) is 2.27. The number of fused-ring (bicyclic) bond motifs is 1. The quantitative estimate of drug-likeness (QED) is 0.755. The molecular weight excluding hydrogens is 268 g/mol. The number of hydrogen-bond donors (Lipinski definition) is 3. The number of hydrogen-bond acceptors (Lipinski definition) is 5. The van der Waals surface area contributed by atoms with Crippen LogP contribution in [0.2, 0.25) is 5.02 Å². The van der Waals surface area contributed by atoms with Gasteiger partial charge in [0.2, 0.25) is 0 Å². The van der Waals surface area contributed by atoms with Gasteiger partial charge in [-0.15, -0.1) is 0 Å². The molecule has 1 heterocycles. The second-order valence-electron chi connectivity index (χ2n) is 4.52. The van der Waals surface area contributed by atoms with Gasteiger partial charge in [0.15, 0.2) is 11.5 Å². The summed E-state index contributed by atoms with van der Waals surface area (Å²) in [5, 5.41) is 13.7. The second kappa shape index (κ2) is 6.43. The molecule has 1 aliphatic rings. The molecule has 2 rings (SSSR count). The molecule has 0 radical (unpaired) electrons. The Labute approximate surface area is 117 Å². The molecule has 0 spiro atoms. The summed E-state index contributed by atoms with van der Waals surface area (Å²) >= 11 is 6.17. The largest absolute Gasteiger partial charge is 0.486 e. The third kappa shape index (κ3) is 3.30. The first-order chi connectivity index (χ1) is 9.13. The van der Waals surface area contributed by atoms with Gasteiger partial charge in [-0.3, -0.25) is 0 Å². The number of ether oxygens (including phenoxy) is 2. The van der Waals surface area contributed by atoms with E-state index in [4.69, 9.17) is 26.8 Å². The lowest BCUT2D eigenvalue weighted by Gasteiger charge is -2.24. The van der Waals surface area contributed by atoms with Crippen molar-refractivity contribution in [3.05, 3.63) is 22.7 Å². The number of nitrogens with two attached hydrogens (primary N) is 1. The number of aliphatic hydroxyl groups is 1. The maximum atomic E-state index is 10.3. The van der Waals surface area contributed by atoms with Gasteiger partial charge >= 0.3 is 0 Å². The van der Waals surface area contributed by atoms with Crippen molar-refractivity contribution in [2.24, 2.45) is 5.73 Å². The SMILES string of the molecule is CNCCC(N)C(O)c1cc2c(cc1Cl)OCCO2. The lowest BCUT2D eigenvalue weighted by molar-refractivity contribution is 0.139. The van der Waals surface area contributed by atoms with Crippen LogP contribution in [0.3, 0.4) is 0 Å². The van der Waals surface area contributed by atoms with Gasteiger partial charge in [-0.1, -0.05) is 11.6 Å². The van der Waals surface area contributed by atoms with Gasteiger partial charge in [0, 0.05) is 17.7 Å². The molecule has 106 valence electrons. The van der Waals surface area contributed by atoms with Crippen LogP contribution < -0.4 is 20.5 Å². The predicted molar refractivity (Wildman–Crippen MR) is 73.9 cm³/mol. The molecule has 19 heavy (non-hydrogen) atoms. The van der Waals surface area contributed by atoms with Crippen LogP contribution in [0.1, 0.15) is 18.1 Å². The molecule has 5 nitrogen and oxygen atoms in total. The Morgan fingerprint density at radius 3 is 2.63 bits per heavy atom. The van der Waals surface area contributed by atoms with Crippen LogP contribution in [-0.4, -0.2) is 38.0 Å². The van der Waals surface area contributed by atoms with E-state index in [2.05, 4.69) is 5.32 Å². The van der Waals surface area contributed by atoms with Crippen LogP contribution in [-0.2, 0) is 0 Å². The summed E-state index contributed by atoms with van der Waals surface area (Å²) in [5.41, 5.74) is 6.54. The molecule has 0 bridgehead atoms. The van der Waals surface area contributed by atoms with Gasteiger partial charge in [-0.05, 0) is 26.1 Å². The third-order valence-corrected chi connectivity index (χ3v) is 3.44. The van der Waals surface area contributed by atoms with Gasteiger partial charge in [-0.2, -0.15) is 0 Å². The van der Waals surface area contributed by atoms with Crippen LogP contribution in [0, 0.1) is 0 Å². The van der Waals surface area contributed by atoms with Crippen LogP contribution in [0.5, 0.6) is 11.5 Å². The molecule has 1 aromatic carbocycles. The van der Waals surface area contributed by atoms with Crippen molar-refractivity contribution < 1.29 is 14.6 Å². The highest BCUT2D eigenvalue weighted by Crippen LogP contribution is 2.38. The topological polar surface area (TPSA) is 76.7 Å². The molecule has 1 aromatic rings. The number of nitrogens with one attached hydrogen (secondary N) is 1. The standard InChI is InChI=1S/C13H19ClN2O3/c1-16-3-2-10(15)13(17)8-6-11-12(7-9(8)14)19-5-4-18-11/h6-7,10,13,16-17H,2-5,15H2,1H3. The molecular formula is C13H19ClN2O3. The summed E-state index contributed by atoms with van der Waals surface area (Å²) in [6.45, 7) is 1.74. The minimum absolute atomic E-state index is 0.382. The van der Waals surface area contributed by atoms with Crippen molar-refractivity contribution in [2.75, 3.05) is 26.8 Å². The first-order valence-electron chi connectivity index (χ1n) is 6.30. The summed E-state index contributed by atoms with van der Waals surface area (Å²) in [6.07, 6.45) is -0.167. The molecule has 1 aliphatic heterocycles. The van der Waals surface area contributed by atoms with Crippen molar-refractivity contribution in [1.82, 2.24) is 5.32 Å². The highest BCUT2D eigenvalue weighted by atomic mass is 35.5. The Morgan fingerprint density at radius 1 is 1.37 bits per heavy atom. The van der Waals surface area contributed by atoms with E-state index in [0.717, 1.165) is 6.54 Å². The van der Waals surface area contributed by atoms with Crippen LogP contribution in [0.25, 0.3) is 0 Å². The van der Waals surface area contributed by atoms with Crippen LogP contribution in [0.15, 0.2) is 12.1 Å². The molecule has 0 aliphatic carbocycles. The monoisotopic (exact) mass is 286 g/mol. The zero-order valence-corrected chi connectivity index (χ0v) is 11.6. The van der Waals surface area contributed by atoms with Crippen LogP contribution >= 0.6 is 11.6 Å². The van der Waals surface area contributed by atoms with E-state index >= 15 is 0 Å². The number of aliphatic hydroxyl groups excluding tert-OH is 1. The maximum absolute atomic E-state index is 10.3. The normalized spacial score (nSPS) is 17.1. The average Bonchev–Trinajstić information content (AvgIpc) is 2.43. The number of rotatable bonds is 5. The van der Waals surface area contributed by atoms with E-state index in [1.807, 2.05) is 7.05 Å². The molecule has 0 fully saturated rings. The molecule has 6 heteroatoms. The zero-order valence-electron chi connectivity index (χ0n) is 10.9. The van der Waals surface area contributed by atoms with Crippen molar-refractivity contribution >= 4 is 11.6 Å². The molecule has 0 saturated heterocycles. The summed E-state index contributed by atoms with van der Waals surface area (Å²) in [4.78, 5) is 0. The van der Waals surface area contributed by atoms with Crippen LogP contribution in [0.4, 0.5) is 0 Å². The molecule has 2 atom stereocenters. The Kier molecular flexibility index (Phi) is 4.87. The fraction of sp³-hybridized carbons (Fsp3) is 0.538. The molecule has 0 saturated carbocycles. The molecule has 0 aromatic heterocycles. The van der Waals surface area contributed by atoms with Crippen molar-refractivity contribution in [3.8, 4) is 11.5 Å². The minimum atomic E-state index is -0.823. The Balaban J connectivity index is 2.19. The third-order valence-electron chi connectivity index (χ3n) is 3.11. The first kappa shape index (κ1) is 14.4. The van der Waals surface area contributed by atoms with Gasteiger partial charge in [0.1, 0.15) is 13.2 Å². The van der Waals surface area contributed by atoms with Crippen molar-refractivity contribution in [2.45, 2.75) is 18.6 Å². The average molecular weight is 287 g/mol. The Hall–Kier alpha value is -1.01. The summed E-state index contributed by atoms with van der Waals surface area (Å²) in [6, 6.07) is 2.99. The van der Waals surface area contributed by atoms with Gasteiger partial charge in [-0.25, -0.2) is 0 Å². The van der Waals surface area contributed by atoms with E-state index in [0.29, 0.717) is 41.7 Å². The van der Waals surface area contributed by atoms with E-state index in [1.54, 1.807) is 12.1 Å². The van der Waals surface area contributed by atoms with Gasteiger partial charge < -0.3 is 25.6 Å². The highest BCUT2D eigenvalue weighted by molar-refractivity contribution is 6.31. The number of halogens is 1. The molecule has 0 amide bonds. The summed E-state index contributed by atoms with van der Waals surface area (Å²) in [7, 11) is 1.84. The van der Waals surface area contributed by atoms with E-state index in [1.165, 1.54) is 0 Å². The Morgan fingerprint density at radius 2 is 2.00 bits per heavy atom. The highest BCUT2D eigenvalue weighted by Gasteiger charge is 2.23. The van der Waals surface area contributed by atoms with E-state index < -0.39 is 6.10 Å². The fourth-order valence-electron chi connectivity index (χ4n) is 2.01.